The molecule has 25 heavy (non-hydrogen) atoms. The van der Waals surface area contributed by atoms with Crippen LogP contribution >= 0.6 is 0 Å². The summed E-state index contributed by atoms with van der Waals surface area (Å²) in [5, 5.41) is 5.15. The first-order chi connectivity index (χ1) is 12.0. The standard InChI is InChI=1S/C19H21F2N3O/c1-13-8-10-24(11-9-13)16-5-2-14(3-6-16)22-19(25)23-15-4-7-17(20)18(21)12-15/h2-7,12-13H,8-11H2,1H3,(H2,22,23,25). The van der Waals surface area contributed by atoms with Gasteiger partial charge in [0, 0.05) is 36.2 Å². The average Bonchev–Trinajstić information content (AvgIpc) is 2.60. The fourth-order valence-corrected chi connectivity index (χ4v) is 2.89. The van der Waals surface area contributed by atoms with Crippen LogP contribution in [0.1, 0.15) is 19.8 Å². The molecule has 0 spiro atoms. The summed E-state index contributed by atoms with van der Waals surface area (Å²) in [6.07, 6.45) is 2.38. The molecule has 0 unspecified atom stereocenters. The quantitative estimate of drug-likeness (QED) is 0.835. The van der Waals surface area contributed by atoms with Gasteiger partial charge >= 0.3 is 6.03 Å². The largest absolute Gasteiger partial charge is 0.372 e. The Balaban J connectivity index is 1.57. The molecule has 0 aliphatic carbocycles. The molecule has 3 rings (SSSR count). The van der Waals surface area contributed by atoms with Crippen molar-refractivity contribution in [1.82, 2.24) is 0 Å². The molecule has 0 aromatic heterocycles. The molecule has 2 amide bonds. The minimum absolute atomic E-state index is 0.190. The minimum atomic E-state index is -1.00. The summed E-state index contributed by atoms with van der Waals surface area (Å²) in [5.74, 6) is -1.18. The van der Waals surface area contributed by atoms with Gasteiger partial charge in [0.25, 0.3) is 0 Å². The van der Waals surface area contributed by atoms with Crippen LogP contribution in [0, 0.1) is 17.6 Å². The maximum atomic E-state index is 13.2. The summed E-state index contributed by atoms with van der Waals surface area (Å²) in [6.45, 7) is 4.37. The average molecular weight is 345 g/mol. The molecule has 2 N–H and O–H groups in total. The van der Waals surface area contributed by atoms with Gasteiger partial charge in [0.1, 0.15) is 0 Å². The third-order valence-corrected chi connectivity index (χ3v) is 4.45. The normalized spacial score (nSPS) is 15.1. The highest BCUT2D eigenvalue weighted by molar-refractivity contribution is 5.99. The van der Waals surface area contributed by atoms with Crippen molar-refractivity contribution in [3.8, 4) is 0 Å². The van der Waals surface area contributed by atoms with Gasteiger partial charge in [-0.25, -0.2) is 13.6 Å². The van der Waals surface area contributed by atoms with Gasteiger partial charge in [-0.05, 0) is 55.2 Å². The topological polar surface area (TPSA) is 44.4 Å². The number of benzene rings is 2. The number of rotatable bonds is 3. The second-order valence-electron chi connectivity index (χ2n) is 6.42. The van der Waals surface area contributed by atoms with Crippen LogP contribution in [0.5, 0.6) is 0 Å². The highest BCUT2D eigenvalue weighted by atomic mass is 19.2. The van der Waals surface area contributed by atoms with E-state index in [1.165, 1.54) is 18.9 Å². The predicted octanol–water partition coefficient (Wildman–Crippen LogP) is 4.85. The Morgan fingerprint density at radius 1 is 0.960 bits per heavy atom. The number of piperidine rings is 1. The molecule has 1 heterocycles. The number of anilines is 3. The zero-order valence-electron chi connectivity index (χ0n) is 14.1. The monoisotopic (exact) mass is 345 g/mol. The number of nitrogens with one attached hydrogen (secondary N) is 2. The van der Waals surface area contributed by atoms with E-state index in [4.69, 9.17) is 0 Å². The van der Waals surface area contributed by atoms with Gasteiger partial charge in [-0.2, -0.15) is 0 Å². The van der Waals surface area contributed by atoms with Crippen LogP contribution in [0.3, 0.4) is 0 Å². The van der Waals surface area contributed by atoms with E-state index in [-0.39, 0.29) is 5.69 Å². The van der Waals surface area contributed by atoms with Crippen LogP contribution in [0.25, 0.3) is 0 Å². The van der Waals surface area contributed by atoms with Crippen LogP contribution in [0.4, 0.5) is 30.6 Å². The number of halogens is 2. The molecule has 2 aromatic carbocycles. The van der Waals surface area contributed by atoms with Gasteiger partial charge in [-0.3, -0.25) is 0 Å². The molecular weight excluding hydrogens is 324 g/mol. The summed E-state index contributed by atoms with van der Waals surface area (Å²) < 4.78 is 26.0. The lowest BCUT2D eigenvalue weighted by Gasteiger charge is -2.32. The number of hydrogen-bond donors (Lipinski definition) is 2. The van der Waals surface area contributed by atoms with Crippen LogP contribution in [-0.2, 0) is 0 Å². The molecule has 2 aromatic rings. The van der Waals surface area contributed by atoms with Gasteiger partial charge < -0.3 is 15.5 Å². The van der Waals surface area contributed by atoms with E-state index in [2.05, 4.69) is 22.5 Å². The first kappa shape index (κ1) is 17.2. The molecule has 1 aliphatic rings. The van der Waals surface area contributed by atoms with Crippen molar-refractivity contribution in [2.24, 2.45) is 5.92 Å². The second-order valence-corrected chi connectivity index (χ2v) is 6.42. The molecule has 1 aliphatic heterocycles. The predicted molar refractivity (Wildman–Crippen MR) is 96.1 cm³/mol. The third-order valence-electron chi connectivity index (χ3n) is 4.45. The Labute approximate surface area is 145 Å². The molecular formula is C19H21F2N3O. The molecule has 0 atom stereocenters. The Bertz CT molecular complexity index is 741. The third kappa shape index (κ3) is 4.47. The van der Waals surface area contributed by atoms with E-state index in [1.807, 2.05) is 24.3 Å². The molecule has 6 heteroatoms. The van der Waals surface area contributed by atoms with Crippen molar-refractivity contribution in [1.29, 1.82) is 0 Å². The molecule has 1 saturated heterocycles. The minimum Gasteiger partial charge on any atom is -0.372 e. The Morgan fingerprint density at radius 3 is 2.20 bits per heavy atom. The summed E-state index contributed by atoms with van der Waals surface area (Å²) in [4.78, 5) is 14.3. The molecule has 0 radical (unpaired) electrons. The van der Waals surface area contributed by atoms with Crippen molar-refractivity contribution in [2.75, 3.05) is 28.6 Å². The first-order valence-corrected chi connectivity index (χ1v) is 8.39. The molecule has 1 fully saturated rings. The number of carbonyl (C=O) groups is 1. The maximum Gasteiger partial charge on any atom is 0.323 e. The van der Waals surface area contributed by atoms with Gasteiger partial charge in [0.15, 0.2) is 11.6 Å². The first-order valence-electron chi connectivity index (χ1n) is 8.39. The van der Waals surface area contributed by atoms with Crippen molar-refractivity contribution in [3.63, 3.8) is 0 Å². The smallest absolute Gasteiger partial charge is 0.323 e. The maximum absolute atomic E-state index is 13.2. The molecule has 0 bridgehead atoms. The number of hydrogen-bond acceptors (Lipinski definition) is 2. The number of nitrogens with zero attached hydrogens (tertiary/aromatic N) is 1. The van der Waals surface area contributed by atoms with Crippen LogP contribution in [0.15, 0.2) is 42.5 Å². The van der Waals surface area contributed by atoms with Gasteiger partial charge in [-0.1, -0.05) is 6.92 Å². The van der Waals surface area contributed by atoms with E-state index in [9.17, 15) is 13.6 Å². The lowest BCUT2D eigenvalue weighted by Crippen LogP contribution is -2.32. The Kier molecular flexibility index (Phi) is 5.16. The van der Waals surface area contributed by atoms with Crippen LogP contribution < -0.4 is 15.5 Å². The molecule has 132 valence electrons. The van der Waals surface area contributed by atoms with E-state index in [0.717, 1.165) is 36.8 Å². The van der Waals surface area contributed by atoms with Crippen molar-refractivity contribution in [3.05, 3.63) is 54.1 Å². The van der Waals surface area contributed by atoms with Gasteiger partial charge in [0.05, 0.1) is 0 Å². The Hall–Kier alpha value is -2.63. The molecule has 4 nitrogen and oxygen atoms in total. The fourth-order valence-electron chi connectivity index (χ4n) is 2.89. The zero-order valence-corrected chi connectivity index (χ0v) is 14.1. The number of urea groups is 1. The summed E-state index contributed by atoms with van der Waals surface area (Å²) >= 11 is 0. The van der Waals surface area contributed by atoms with E-state index < -0.39 is 17.7 Å². The lowest BCUT2D eigenvalue weighted by molar-refractivity contribution is 0.262. The summed E-state index contributed by atoms with van der Waals surface area (Å²) in [6, 6.07) is 10.3. The number of carbonyl (C=O) groups excluding carboxylic acids is 1. The zero-order chi connectivity index (χ0) is 17.8. The summed E-state index contributed by atoms with van der Waals surface area (Å²) in [7, 11) is 0. The summed E-state index contributed by atoms with van der Waals surface area (Å²) in [5.41, 5.74) is 1.96. The Morgan fingerprint density at radius 2 is 1.56 bits per heavy atom. The van der Waals surface area contributed by atoms with Crippen molar-refractivity contribution in [2.45, 2.75) is 19.8 Å². The van der Waals surface area contributed by atoms with E-state index in [1.54, 1.807) is 0 Å². The highest BCUT2D eigenvalue weighted by Crippen LogP contribution is 2.24. The van der Waals surface area contributed by atoms with Crippen molar-refractivity contribution < 1.29 is 13.6 Å². The van der Waals surface area contributed by atoms with Gasteiger partial charge in [0.2, 0.25) is 0 Å². The number of amides is 2. The fraction of sp³-hybridized carbons (Fsp3) is 0.316. The molecule has 0 saturated carbocycles. The SMILES string of the molecule is CC1CCN(c2ccc(NC(=O)Nc3ccc(F)c(F)c3)cc2)CC1. The highest BCUT2D eigenvalue weighted by Gasteiger charge is 2.16. The van der Waals surface area contributed by atoms with E-state index >= 15 is 0 Å². The van der Waals surface area contributed by atoms with Crippen molar-refractivity contribution >= 4 is 23.1 Å². The lowest BCUT2D eigenvalue weighted by atomic mass is 9.99. The van der Waals surface area contributed by atoms with Crippen LogP contribution in [-0.4, -0.2) is 19.1 Å². The van der Waals surface area contributed by atoms with Gasteiger partial charge in [-0.15, -0.1) is 0 Å². The van der Waals surface area contributed by atoms with E-state index in [0.29, 0.717) is 5.69 Å². The van der Waals surface area contributed by atoms with Crippen LogP contribution in [0.2, 0.25) is 0 Å². The second kappa shape index (κ2) is 7.51.